The molecule has 0 saturated carbocycles. The fourth-order valence-electron chi connectivity index (χ4n) is 5.97. The van der Waals surface area contributed by atoms with Gasteiger partial charge in [0.25, 0.3) is 5.91 Å². The molecule has 7 N–H and O–H groups in total. The molecule has 1 aromatic rings. The summed E-state index contributed by atoms with van der Waals surface area (Å²) in [5, 5.41) is 44.9. The van der Waals surface area contributed by atoms with Crippen LogP contribution in [0.4, 0.5) is 0 Å². The molecule has 11 nitrogen and oxygen atoms in total. The zero-order chi connectivity index (χ0) is 27.2. The van der Waals surface area contributed by atoms with Crippen LogP contribution in [0.25, 0.3) is 0 Å². The quantitative estimate of drug-likeness (QED) is 0.214. The Hall–Kier alpha value is -3.22. The molecule has 3 aliphatic rings. The first-order valence-electron chi connectivity index (χ1n) is 11.9. The third-order valence-corrected chi connectivity index (χ3v) is 7.65. The van der Waals surface area contributed by atoms with Gasteiger partial charge in [-0.05, 0) is 50.0 Å². The van der Waals surface area contributed by atoms with Gasteiger partial charge in [0.05, 0.1) is 30.4 Å². The van der Waals surface area contributed by atoms with Gasteiger partial charge in [-0.1, -0.05) is 12.6 Å². The Balaban J connectivity index is 1.80. The number of fused-ring (bicyclic) bond motifs is 3. The van der Waals surface area contributed by atoms with Gasteiger partial charge in [0.15, 0.2) is 11.4 Å². The van der Waals surface area contributed by atoms with Crippen molar-refractivity contribution in [1.82, 2.24) is 10.4 Å². The number of amides is 1. The molecule has 1 aromatic carbocycles. The van der Waals surface area contributed by atoms with Gasteiger partial charge in [-0.15, -0.1) is 0 Å². The summed E-state index contributed by atoms with van der Waals surface area (Å²) in [6.45, 7) is 4.76. The minimum Gasteiger partial charge on any atom is -0.510 e. The zero-order valence-corrected chi connectivity index (χ0v) is 21.1. The van der Waals surface area contributed by atoms with E-state index in [9.17, 15) is 30.0 Å². The van der Waals surface area contributed by atoms with Crippen LogP contribution < -0.4 is 11.2 Å². The van der Waals surface area contributed by atoms with Crippen molar-refractivity contribution in [2.75, 3.05) is 34.4 Å². The molecule has 0 heterocycles. The number of primary amides is 1. The van der Waals surface area contributed by atoms with Gasteiger partial charge in [-0.25, -0.2) is 0 Å². The van der Waals surface area contributed by atoms with Gasteiger partial charge in [0.1, 0.15) is 17.3 Å². The largest absolute Gasteiger partial charge is 0.510 e. The van der Waals surface area contributed by atoms with Gasteiger partial charge in [0, 0.05) is 30.7 Å². The van der Waals surface area contributed by atoms with Crippen LogP contribution in [-0.4, -0.2) is 83.1 Å². The number of rotatable bonds is 8. The summed E-state index contributed by atoms with van der Waals surface area (Å²) in [6, 6.07) is 2.22. The van der Waals surface area contributed by atoms with E-state index in [0.29, 0.717) is 18.8 Å². The van der Waals surface area contributed by atoms with Gasteiger partial charge < -0.3 is 30.9 Å². The number of ether oxygens (including phenoxy) is 1. The summed E-state index contributed by atoms with van der Waals surface area (Å²) < 4.78 is 4.95. The van der Waals surface area contributed by atoms with Crippen LogP contribution >= 0.6 is 0 Å². The third kappa shape index (κ3) is 4.12. The number of carbonyl (C=O) groups is 2. The first-order chi connectivity index (χ1) is 17.5. The topological polar surface area (TPSA) is 175 Å². The number of carbonyl (C=O) groups excluding carboxylic acids is 2. The summed E-state index contributed by atoms with van der Waals surface area (Å²) in [4.78, 5) is 32.9. The SMILES string of the molecule is C=C1C(C(N)=O)=C(O)[C@@H](N(C)C)[C@@H]2C[C@@H]3Cc4c(CNOCCOC)ccc(O)c4C(=O)C3=C(O)[C@]12O. The molecule has 0 unspecified atom stereocenters. The average Bonchev–Trinajstić information content (AvgIpc) is 2.82. The maximum absolute atomic E-state index is 13.7. The van der Waals surface area contributed by atoms with E-state index in [1.165, 1.54) is 6.07 Å². The number of nitrogens with one attached hydrogen (secondary N) is 1. The Morgan fingerprint density at radius 3 is 2.59 bits per heavy atom. The lowest BCUT2D eigenvalue weighted by Gasteiger charge is -2.52. The first kappa shape index (κ1) is 26.8. The number of nitrogens with zero attached hydrogens (tertiary/aromatic N) is 1. The Morgan fingerprint density at radius 1 is 1.27 bits per heavy atom. The molecule has 0 fully saturated rings. The van der Waals surface area contributed by atoms with E-state index in [4.69, 9.17) is 15.3 Å². The second-order valence-electron chi connectivity index (χ2n) is 9.87. The molecule has 200 valence electrons. The lowest BCUT2D eigenvalue weighted by Crippen LogP contribution is -2.60. The average molecular weight is 516 g/mol. The highest BCUT2D eigenvalue weighted by Gasteiger charge is 2.60. The minimum atomic E-state index is -2.21. The number of likely N-dealkylation sites (N-methyl/N-ethyl adjacent to an activating group) is 1. The molecule has 0 spiro atoms. The number of phenols is 1. The number of Topliss-reactive ketones (excluding diaryl/α,β-unsaturated/α-hetero) is 1. The second-order valence-corrected chi connectivity index (χ2v) is 9.87. The number of aliphatic hydroxyl groups excluding tert-OH is 2. The number of phenolic OH excluding ortho intramolecular Hbond substituents is 1. The van der Waals surface area contributed by atoms with Crippen LogP contribution in [0.15, 0.2) is 46.9 Å². The van der Waals surface area contributed by atoms with E-state index >= 15 is 0 Å². The summed E-state index contributed by atoms with van der Waals surface area (Å²) in [6.07, 6.45) is 0.474. The predicted molar refractivity (Wildman–Crippen MR) is 132 cm³/mol. The van der Waals surface area contributed by atoms with Crippen molar-refractivity contribution in [3.63, 3.8) is 0 Å². The number of benzene rings is 1. The summed E-state index contributed by atoms with van der Waals surface area (Å²) >= 11 is 0. The highest BCUT2D eigenvalue weighted by molar-refractivity contribution is 6.14. The molecule has 1 amide bonds. The molecule has 0 aromatic heterocycles. The lowest BCUT2D eigenvalue weighted by atomic mass is 9.57. The van der Waals surface area contributed by atoms with Crippen LogP contribution in [0.5, 0.6) is 5.75 Å². The van der Waals surface area contributed by atoms with Gasteiger partial charge in [0.2, 0.25) is 0 Å². The standard InChI is InChI=1S/C26H33N3O8/c1-12-18(25(27)34)23(32)21(29(2)3)16-10-14-9-15-13(11-28-37-8-7-36-4)5-6-17(30)20(15)22(31)19(14)24(33)26(12,16)35/h5-6,14,16,21,28,30,32-33,35H,1,7-11H2,2-4H3,(H2,27,34)/t14-,16-,21-,26-/m0/s1. The van der Waals surface area contributed by atoms with Crippen molar-refractivity contribution in [3.05, 3.63) is 63.6 Å². The Bertz CT molecular complexity index is 1220. The number of ketones is 1. The van der Waals surface area contributed by atoms with E-state index in [1.807, 2.05) is 0 Å². The maximum atomic E-state index is 13.7. The number of aliphatic hydroxyl groups is 3. The van der Waals surface area contributed by atoms with E-state index in [-0.39, 0.29) is 53.2 Å². The molecule has 4 atom stereocenters. The van der Waals surface area contributed by atoms with Crippen molar-refractivity contribution >= 4 is 11.7 Å². The van der Waals surface area contributed by atoms with Crippen molar-refractivity contribution < 1.29 is 39.6 Å². The molecular weight excluding hydrogens is 482 g/mol. The number of hydrogen-bond donors (Lipinski definition) is 6. The van der Waals surface area contributed by atoms with Crippen molar-refractivity contribution in [1.29, 1.82) is 0 Å². The molecule has 3 aliphatic carbocycles. The summed E-state index contributed by atoms with van der Waals surface area (Å²) in [5.74, 6) is -4.23. The predicted octanol–water partition coefficient (Wildman–Crippen LogP) is 0.775. The fraction of sp³-hybridized carbons (Fsp3) is 0.462. The molecule has 11 heteroatoms. The number of hydrogen-bond acceptors (Lipinski definition) is 10. The number of hydroxylamine groups is 1. The monoisotopic (exact) mass is 515 g/mol. The van der Waals surface area contributed by atoms with Crippen LogP contribution in [-0.2, 0) is 27.3 Å². The van der Waals surface area contributed by atoms with Crippen LogP contribution in [0.2, 0.25) is 0 Å². The van der Waals surface area contributed by atoms with Crippen LogP contribution in [0.1, 0.15) is 27.9 Å². The highest BCUT2D eigenvalue weighted by Crippen LogP contribution is 2.55. The molecule has 37 heavy (non-hydrogen) atoms. The lowest BCUT2D eigenvalue weighted by molar-refractivity contribution is -0.115. The Labute approximate surface area is 214 Å². The van der Waals surface area contributed by atoms with Crippen molar-refractivity contribution in [2.24, 2.45) is 17.6 Å². The normalized spacial score (nSPS) is 27.3. The number of methoxy groups -OCH3 is 1. The van der Waals surface area contributed by atoms with Gasteiger partial charge in [-0.2, -0.15) is 5.48 Å². The third-order valence-electron chi connectivity index (χ3n) is 7.65. The smallest absolute Gasteiger partial charge is 0.252 e. The Morgan fingerprint density at radius 2 is 1.97 bits per heavy atom. The first-order valence-corrected chi connectivity index (χ1v) is 11.9. The van der Waals surface area contributed by atoms with E-state index in [1.54, 1.807) is 32.2 Å². The number of aromatic hydroxyl groups is 1. The van der Waals surface area contributed by atoms with E-state index < -0.39 is 40.9 Å². The van der Waals surface area contributed by atoms with Gasteiger partial charge >= 0.3 is 0 Å². The summed E-state index contributed by atoms with van der Waals surface area (Å²) in [5.41, 5.74) is 6.79. The van der Waals surface area contributed by atoms with E-state index in [2.05, 4.69) is 12.1 Å². The molecule has 4 rings (SSSR count). The molecular formula is C26H33N3O8. The maximum Gasteiger partial charge on any atom is 0.252 e. The molecule has 0 radical (unpaired) electrons. The highest BCUT2D eigenvalue weighted by atomic mass is 16.7. The number of allylic oxidation sites excluding steroid dienone is 1. The fourth-order valence-corrected chi connectivity index (χ4v) is 5.97. The van der Waals surface area contributed by atoms with Gasteiger partial charge in [-0.3, -0.25) is 19.3 Å². The molecule has 0 saturated heterocycles. The summed E-state index contributed by atoms with van der Waals surface area (Å²) in [7, 11) is 4.89. The second kappa shape index (κ2) is 9.92. The Kier molecular flexibility index (Phi) is 7.19. The zero-order valence-electron chi connectivity index (χ0n) is 21.1. The number of nitrogens with two attached hydrogens (primary N) is 1. The van der Waals surface area contributed by atoms with Crippen molar-refractivity contribution in [2.45, 2.75) is 31.0 Å². The molecule has 0 aliphatic heterocycles. The van der Waals surface area contributed by atoms with Crippen molar-refractivity contribution in [3.8, 4) is 5.75 Å². The molecule has 0 bridgehead atoms. The minimum absolute atomic E-state index is 0.0372. The van der Waals surface area contributed by atoms with Crippen LogP contribution in [0.3, 0.4) is 0 Å². The van der Waals surface area contributed by atoms with E-state index in [0.717, 1.165) is 5.56 Å². The van der Waals surface area contributed by atoms with Crippen LogP contribution in [0, 0.1) is 11.8 Å².